The van der Waals surface area contributed by atoms with Gasteiger partial charge in [0.05, 0.1) is 25.3 Å². The fraction of sp³-hybridized carbons (Fsp3) is 0.533. The third kappa shape index (κ3) is 5.47. The number of methoxy groups -OCH3 is 1. The minimum atomic E-state index is -0.258. The standard InChI is InChI=1S/C15H21NO4/c1-4-18-15(19-5-2)6-7-20-14-9-12(11-16)8-13(10-14)17-3/h8-10,15H,4-7H2,1-3H3. The number of nitrogens with zero attached hydrogens (tertiary/aromatic N) is 1. The summed E-state index contributed by atoms with van der Waals surface area (Å²) in [5.74, 6) is 1.21. The molecule has 0 N–H and O–H groups in total. The summed E-state index contributed by atoms with van der Waals surface area (Å²) in [5, 5.41) is 8.93. The molecular formula is C15H21NO4. The lowest BCUT2D eigenvalue weighted by Crippen LogP contribution is -2.20. The van der Waals surface area contributed by atoms with Crippen molar-refractivity contribution in [1.29, 1.82) is 5.26 Å². The Morgan fingerprint density at radius 2 is 1.75 bits per heavy atom. The SMILES string of the molecule is CCOC(CCOc1cc(C#N)cc(OC)c1)OCC. The lowest BCUT2D eigenvalue weighted by atomic mass is 10.2. The Morgan fingerprint density at radius 1 is 1.10 bits per heavy atom. The van der Waals surface area contributed by atoms with Crippen molar-refractivity contribution in [2.24, 2.45) is 0 Å². The van der Waals surface area contributed by atoms with Gasteiger partial charge in [-0.25, -0.2) is 0 Å². The van der Waals surface area contributed by atoms with E-state index in [-0.39, 0.29) is 6.29 Å². The largest absolute Gasteiger partial charge is 0.497 e. The van der Waals surface area contributed by atoms with E-state index in [1.807, 2.05) is 13.8 Å². The Hall–Kier alpha value is -1.77. The summed E-state index contributed by atoms with van der Waals surface area (Å²) in [7, 11) is 1.56. The van der Waals surface area contributed by atoms with E-state index in [9.17, 15) is 0 Å². The van der Waals surface area contributed by atoms with Crippen molar-refractivity contribution in [2.75, 3.05) is 26.9 Å². The summed E-state index contributed by atoms with van der Waals surface area (Å²) < 4.78 is 21.6. The van der Waals surface area contributed by atoms with Crippen LogP contribution in [-0.2, 0) is 9.47 Å². The molecule has 1 aromatic carbocycles. The molecule has 0 aliphatic carbocycles. The summed E-state index contributed by atoms with van der Waals surface area (Å²) in [6, 6.07) is 7.16. The second-order valence-corrected chi connectivity index (χ2v) is 3.99. The van der Waals surface area contributed by atoms with E-state index in [1.165, 1.54) is 0 Å². The smallest absolute Gasteiger partial charge is 0.160 e. The Balaban J connectivity index is 2.54. The van der Waals surface area contributed by atoms with Gasteiger partial charge in [0.1, 0.15) is 11.5 Å². The van der Waals surface area contributed by atoms with Crippen LogP contribution in [0.1, 0.15) is 25.8 Å². The maximum absolute atomic E-state index is 8.93. The van der Waals surface area contributed by atoms with Gasteiger partial charge in [0.25, 0.3) is 0 Å². The maximum Gasteiger partial charge on any atom is 0.160 e. The Labute approximate surface area is 120 Å². The van der Waals surface area contributed by atoms with Gasteiger partial charge in [-0.05, 0) is 26.0 Å². The summed E-state index contributed by atoms with van der Waals surface area (Å²) in [5.41, 5.74) is 0.505. The van der Waals surface area contributed by atoms with Crippen LogP contribution >= 0.6 is 0 Å². The zero-order chi connectivity index (χ0) is 14.8. The van der Waals surface area contributed by atoms with E-state index in [1.54, 1.807) is 25.3 Å². The average molecular weight is 279 g/mol. The van der Waals surface area contributed by atoms with E-state index in [0.717, 1.165) is 0 Å². The molecule has 0 radical (unpaired) electrons. The molecule has 0 atom stereocenters. The fourth-order valence-electron chi connectivity index (χ4n) is 1.70. The quantitative estimate of drug-likeness (QED) is 0.650. The van der Waals surface area contributed by atoms with Crippen LogP contribution < -0.4 is 9.47 Å². The number of hydrogen-bond donors (Lipinski definition) is 0. The molecule has 20 heavy (non-hydrogen) atoms. The molecule has 1 aromatic rings. The summed E-state index contributed by atoms with van der Waals surface area (Å²) in [6.45, 7) is 5.50. The first-order valence-corrected chi connectivity index (χ1v) is 6.68. The van der Waals surface area contributed by atoms with Crippen molar-refractivity contribution in [3.8, 4) is 17.6 Å². The van der Waals surface area contributed by atoms with Gasteiger partial charge in [-0.1, -0.05) is 0 Å². The van der Waals surface area contributed by atoms with E-state index in [2.05, 4.69) is 6.07 Å². The van der Waals surface area contributed by atoms with Gasteiger partial charge in [-0.15, -0.1) is 0 Å². The molecule has 0 aliphatic heterocycles. The van der Waals surface area contributed by atoms with E-state index in [0.29, 0.717) is 43.3 Å². The second kappa shape index (κ2) is 9.18. The highest BCUT2D eigenvalue weighted by Gasteiger charge is 2.08. The minimum Gasteiger partial charge on any atom is -0.497 e. The van der Waals surface area contributed by atoms with Gasteiger partial charge in [0, 0.05) is 25.7 Å². The first-order chi connectivity index (χ1) is 9.73. The van der Waals surface area contributed by atoms with Crippen LogP contribution in [0.25, 0.3) is 0 Å². The van der Waals surface area contributed by atoms with Crippen molar-refractivity contribution < 1.29 is 18.9 Å². The molecule has 5 heteroatoms. The van der Waals surface area contributed by atoms with E-state index < -0.39 is 0 Å². The Bertz CT molecular complexity index is 436. The molecule has 0 aromatic heterocycles. The van der Waals surface area contributed by atoms with Crippen molar-refractivity contribution in [1.82, 2.24) is 0 Å². The molecule has 0 bridgehead atoms. The van der Waals surface area contributed by atoms with E-state index >= 15 is 0 Å². The lowest BCUT2D eigenvalue weighted by molar-refractivity contribution is -0.142. The topological polar surface area (TPSA) is 60.7 Å². The number of nitriles is 1. The zero-order valence-corrected chi connectivity index (χ0v) is 12.2. The fourth-order valence-corrected chi connectivity index (χ4v) is 1.70. The van der Waals surface area contributed by atoms with Gasteiger partial charge >= 0.3 is 0 Å². The number of benzene rings is 1. The van der Waals surface area contributed by atoms with Crippen molar-refractivity contribution >= 4 is 0 Å². The summed E-state index contributed by atoms with van der Waals surface area (Å²) in [6.07, 6.45) is 0.367. The molecule has 0 unspecified atom stereocenters. The minimum absolute atomic E-state index is 0.258. The van der Waals surface area contributed by atoms with Crippen molar-refractivity contribution in [3.05, 3.63) is 23.8 Å². The maximum atomic E-state index is 8.93. The van der Waals surface area contributed by atoms with Crippen LogP contribution in [0.15, 0.2) is 18.2 Å². The van der Waals surface area contributed by atoms with Crippen LogP contribution in [-0.4, -0.2) is 33.2 Å². The first-order valence-electron chi connectivity index (χ1n) is 6.68. The Morgan fingerprint density at radius 3 is 2.30 bits per heavy atom. The zero-order valence-electron chi connectivity index (χ0n) is 12.2. The van der Waals surface area contributed by atoms with Gasteiger partial charge in [-0.2, -0.15) is 5.26 Å². The molecule has 0 fully saturated rings. The molecule has 0 saturated carbocycles. The van der Waals surface area contributed by atoms with Crippen LogP contribution in [0.3, 0.4) is 0 Å². The van der Waals surface area contributed by atoms with Gasteiger partial charge < -0.3 is 18.9 Å². The van der Waals surface area contributed by atoms with Crippen molar-refractivity contribution in [3.63, 3.8) is 0 Å². The van der Waals surface area contributed by atoms with Crippen LogP contribution in [0.5, 0.6) is 11.5 Å². The summed E-state index contributed by atoms with van der Waals surface area (Å²) >= 11 is 0. The molecule has 110 valence electrons. The Kier molecular flexibility index (Phi) is 7.48. The molecule has 0 saturated heterocycles. The number of hydrogen-bond acceptors (Lipinski definition) is 5. The van der Waals surface area contributed by atoms with Crippen LogP contribution in [0.2, 0.25) is 0 Å². The number of rotatable bonds is 9. The number of ether oxygens (including phenoxy) is 4. The van der Waals surface area contributed by atoms with Crippen LogP contribution in [0, 0.1) is 11.3 Å². The summed E-state index contributed by atoms with van der Waals surface area (Å²) in [4.78, 5) is 0. The molecule has 0 spiro atoms. The molecule has 0 heterocycles. The highest BCUT2D eigenvalue weighted by Crippen LogP contribution is 2.22. The van der Waals surface area contributed by atoms with E-state index in [4.69, 9.17) is 24.2 Å². The molecular weight excluding hydrogens is 258 g/mol. The lowest BCUT2D eigenvalue weighted by Gasteiger charge is -2.17. The van der Waals surface area contributed by atoms with Gasteiger partial charge in [0.15, 0.2) is 6.29 Å². The predicted octanol–water partition coefficient (Wildman–Crippen LogP) is 2.73. The van der Waals surface area contributed by atoms with Crippen molar-refractivity contribution in [2.45, 2.75) is 26.6 Å². The molecule has 0 amide bonds. The normalized spacial score (nSPS) is 10.3. The second-order valence-electron chi connectivity index (χ2n) is 3.99. The van der Waals surface area contributed by atoms with Gasteiger partial charge in [0.2, 0.25) is 0 Å². The highest BCUT2D eigenvalue weighted by molar-refractivity contribution is 5.43. The first kappa shape index (κ1) is 16.3. The molecule has 5 nitrogen and oxygen atoms in total. The average Bonchev–Trinajstić information content (AvgIpc) is 2.47. The third-order valence-corrected chi connectivity index (χ3v) is 2.57. The molecule has 0 aliphatic rings. The monoisotopic (exact) mass is 279 g/mol. The van der Waals surface area contributed by atoms with Gasteiger partial charge in [-0.3, -0.25) is 0 Å². The highest BCUT2D eigenvalue weighted by atomic mass is 16.7. The predicted molar refractivity (Wildman–Crippen MR) is 74.9 cm³/mol. The third-order valence-electron chi connectivity index (χ3n) is 2.57. The van der Waals surface area contributed by atoms with Crippen LogP contribution in [0.4, 0.5) is 0 Å². The molecule has 1 rings (SSSR count).